The number of nitrogens with zero attached hydrogens (tertiary/aromatic N) is 1. The van der Waals surface area contributed by atoms with Gasteiger partial charge in [0.1, 0.15) is 12.4 Å². The van der Waals surface area contributed by atoms with Crippen LogP contribution in [0.1, 0.15) is 34.6 Å². The standard InChI is InChI=1S/C18H21F3N2O3/c1-12-16(13(2)26-23-12)7-8-17(24)22-9-14-3-5-15(6-4-14)10-25-11-18(19,20)21/h3-6H,7-11H2,1-2H3,(H,22,24). The number of carbonyl (C=O) groups excluding carboxylic acids is 1. The largest absolute Gasteiger partial charge is 0.411 e. The van der Waals surface area contributed by atoms with Gasteiger partial charge in [-0.05, 0) is 31.4 Å². The van der Waals surface area contributed by atoms with Gasteiger partial charge in [0.25, 0.3) is 0 Å². The van der Waals surface area contributed by atoms with Crippen LogP contribution in [0.25, 0.3) is 0 Å². The van der Waals surface area contributed by atoms with Gasteiger partial charge in [-0.25, -0.2) is 0 Å². The van der Waals surface area contributed by atoms with Crippen molar-refractivity contribution in [2.45, 2.75) is 46.0 Å². The molecule has 1 amide bonds. The number of benzene rings is 1. The average Bonchev–Trinajstić information content (AvgIpc) is 2.89. The molecule has 0 aliphatic carbocycles. The number of hydrogen-bond acceptors (Lipinski definition) is 4. The van der Waals surface area contributed by atoms with E-state index in [1.54, 1.807) is 24.3 Å². The van der Waals surface area contributed by atoms with Gasteiger partial charge in [-0.1, -0.05) is 29.4 Å². The quantitative estimate of drug-likeness (QED) is 0.771. The zero-order valence-electron chi connectivity index (χ0n) is 14.7. The maximum absolute atomic E-state index is 12.0. The smallest absolute Gasteiger partial charge is 0.367 e. The lowest BCUT2D eigenvalue weighted by Gasteiger charge is -2.09. The van der Waals surface area contributed by atoms with Gasteiger partial charge < -0.3 is 14.6 Å². The fourth-order valence-electron chi connectivity index (χ4n) is 2.42. The zero-order valence-corrected chi connectivity index (χ0v) is 14.7. The van der Waals surface area contributed by atoms with Crippen molar-refractivity contribution in [3.63, 3.8) is 0 Å². The molecule has 0 saturated heterocycles. The highest BCUT2D eigenvalue weighted by Crippen LogP contribution is 2.16. The summed E-state index contributed by atoms with van der Waals surface area (Å²) in [4.78, 5) is 11.9. The lowest BCUT2D eigenvalue weighted by molar-refractivity contribution is -0.176. The number of aromatic nitrogens is 1. The Hall–Kier alpha value is -2.35. The fourth-order valence-corrected chi connectivity index (χ4v) is 2.42. The van der Waals surface area contributed by atoms with Crippen LogP contribution in [0.4, 0.5) is 13.2 Å². The molecule has 0 saturated carbocycles. The Morgan fingerprint density at radius 1 is 1.19 bits per heavy atom. The summed E-state index contributed by atoms with van der Waals surface area (Å²) in [7, 11) is 0. The van der Waals surface area contributed by atoms with Crippen molar-refractivity contribution in [3.8, 4) is 0 Å². The van der Waals surface area contributed by atoms with E-state index in [2.05, 4.69) is 15.2 Å². The summed E-state index contributed by atoms with van der Waals surface area (Å²) in [5, 5.41) is 6.66. The minimum atomic E-state index is -4.33. The SMILES string of the molecule is Cc1noc(C)c1CCC(=O)NCc1ccc(COCC(F)(F)F)cc1. The van der Waals surface area contributed by atoms with E-state index in [1.807, 2.05) is 13.8 Å². The van der Waals surface area contributed by atoms with Crippen molar-refractivity contribution >= 4 is 5.91 Å². The fraction of sp³-hybridized carbons (Fsp3) is 0.444. The molecule has 26 heavy (non-hydrogen) atoms. The summed E-state index contributed by atoms with van der Waals surface area (Å²) in [6, 6.07) is 6.87. The average molecular weight is 370 g/mol. The summed E-state index contributed by atoms with van der Waals surface area (Å²) in [6.45, 7) is 2.63. The van der Waals surface area contributed by atoms with Crippen molar-refractivity contribution in [1.29, 1.82) is 0 Å². The minimum absolute atomic E-state index is 0.0948. The molecule has 0 aliphatic heterocycles. The molecule has 2 rings (SSSR count). The van der Waals surface area contributed by atoms with E-state index in [0.29, 0.717) is 24.9 Å². The van der Waals surface area contributed by atoms with Crippen LogP contribution in [0, 0.1) is 13.8 Å². The molecule has 0 aliphatic rings. The number of amides is 1. The van der Waals surface area contributed by atoms with E-state index in [1.165, 1.54) is 0 Å². The molecule has 5 nitrogen and oxygen atoms in total. The van der Waals surface area contributed by atoms with Crippen LogP contribution in [-0.4, -0.2) is 23.8 Å². The third-order valence-corrected chi connectivity index (χ3v) is 3.83. The van der Waals surface area contributed by atoms with E-state index in [9.17, 15) is 18.0 Å². The highest BCUT2D eigenvalue weighted by Gasteiger charge is 2.27. The normalized spacial score (nSPS) is 11.6. The first kappa shape index (κ1) is 20.0. The molecule has 1 aromatic heterocycles. The molecule has 8 heteroatoms. The molecule has 2 aromatic rings. The van der Waals surface area contributed by atoms with Gasteiger partial charge in [-0.3, -0.25) is 4.79 Å². The third kappa shape index (κ3) is 6.51. The molecule has 142 valence electrons. The predicted molar refractivity (Wildman–Crippen MR) is 88.3 cm³/mol. The third-order valence-electron chi connectivity index (χ3n) is 3.83. The van der Waals surface area contributed by atoms with Crippen LogP contribution in [0.15, 0.2) is 28.8 Å². The van der Waals surface area contributed by atoms with E-state index < -0.39 is 12.8 Å². The number of carbonyl (C=O) groups is 1. The molecule has 0 radical (unpaired) electrons. The Morgan fingerprint density at radius 2 is 1.85 bits per heavy atom. The Morgan fingerprint density at radius 3 is 2.42 bits per heavy atom. The van der Waals surface area contributed by atoms with Crippen LogP contribution in [0.5, 0.6) is 0 Å². The summed E-state index contributed by atoms with van der Waals surface area (Å²) in [6.07, 6.45) is -3.44. The van der Waals surface area contributed by atoms with E-state index in [0.717, 1.165) is 22.6 Å². The van der Waals surface area contributed by atoms with E-state index in [4.69, 9.17) is 4.52 Å². The second-order valence-electron chi connectivity index (χ2n) is 6.00. The molecule has 1 heterocycles. The molecule has 0 atom stereocenters. The maximum Gasteiger partial charge on any atom is 0.411 e. The number of ether oxygens (including phenoxy) is 1. The Kier molecular flexibility index (Phi) is 6.79. The first-order chi connectivity index (χ1) is 12.2. The van der Waals surface area contributed by atoms with Crippen molar-refractivity contribution in [1.82, 2.24) is 10.5 Å². The van der Waals surface area contributed by atoms with Crippen molar-refractivity contribution < 1.29 is 27.2 Å². The summed E-state index contributed by atoms with van der Waals surface area (Å²) >= 11 is 0. The Labute approximate surface area is 149 Å². The lowest BCUT2D eigenvalue weighted by Crippen LogP contribution is -2.23. The first-order valence-electron chi connectivity index (χ1n) is 8.15. The molecule has 0 unspecified atom stereocenters. The summed E-state index contributed by atoms with van der Waals surface area (Å²) < 4.78 is 45.7. The lowest BCUT2D eigenvalue weighted by atomic mass is 10.1. The number of alkyl halides is 3. The van der Waals surface area contributed by atoms with Gasteiger partial charge in [0.2, 0.25) is 5.91 Å². The Bertz CT molecular complexity index is 705. The molecule has 1 N–H and O–H groups in total. The van der Waals surface area contributed by atoms with Gasteiger partial charge in [0.15, 0.2) is 0 Å². The number of aryl methyl sites for hydroxylation is 2. The molecular formula is C18H21F3N2O3. The van der Waals surface area contributed by atoms with Crippen molar-refractivity contribution in [3.05, 3.63) is 52.4 Å². The van der Waals surface area contributed by atoms with Crippen LogP contribution in [0.3, 0.4) is 0 Å². The van der Waals surface area contributed by atoms with Gasteiger partial charge in [-0.15, -0.1) is 0 Å². The van der Waals surface area contributed by atoms with Crippen LogP contribution < -0.4 is 5.32 Å². The number of nitrogens with one attached hydrogen (secondary N) is 1. The minimum Gasteiger partial charge on any atom is -0.367 e. The highest BCUT2D eigenvalue weighted by molar-refractivity contribution is 5.76. The molecule has 0 fully saturated rings. The highest BCUT2D eigenvalue weighted by atomic mass is 19.4. The summed E-state index contributed by atoms with van der Waals surface area (Å²) in [5.74, 6) is 0.626. The van der Waals surface area contributed by atoms with Crippen molar-refractivity contribution in [2.24, 2.45) is 0 Å². The number of hydrogen-bond donors (Lipinski definition) is 1. The van der Waals surface area contributed by atoms with Gasteiger partial charge >= 0.3 is 6.18 Å². The van der Waals surface area contributed by atoms with Crippen molar-refractivity contribution in [2.75, 3.05) is 6.61 Å². The topological polar surface area (TPSA) is 64.4 Å². The first-order valence-corrected chi connectivity index (χ1v) is 8.15. The number of rotatable bonds is 8. The molecule has 0 spiro atoms. The van der Waals surface area contributed by atoms with Crippen LogP contribution in [-0.2, 0) is 29.1 Å². The number of halogens is 3. The Balaban J connectivity index is 1.72. The molecular weight excluding hydrogens is 349 g/mol. The van der Waals surface area contributed by atoms with Gasteiger partial charge in [0, 0.05) is 18.5 Å². The summed E-state index contributed by atoms with van der Waals surface area (Å²) in [5.41, 5.74) is 3.24. The van der Waals surface area contributed by atoms with E-state index >= 15 is 0 Å². The molecule has 0 bridgehead atoms. The van der Waals surface area contributed by atoms with Crippen LogP contribution >= 0.6 is 0 Å². The van der Waals surface area contributed by atoms with Gasteiger partial charge in [-0.2, -0.15) is 13.2 Å². The predicted octanol–water partition coefficient (Wildman–Crippen LogP) is 3.62. The molecule has 1 aromatic carbocycles. The van der Waals surface area contributed by atoms with Crippen LogP contribution in [0.2, 0.25) is 0 Å². The van der Waals surface area contributed by atoms with Gasteiger partial charge in [0.05, 0.1) is 12.3 Å². The second kappa shape index (κ2) is 8.84. The zero-order chi connectivity index (χ0) is 19.2. The maximum atomic E-state index is 12.0. The second-order valence-corrected chi connectivity index (χ2v) is 6.00. The monoisotopic (exact) mass is 370 g/mol. The van der Waals surface area contributed by atoms with E-state index in [-0.39, 0.29) is 12.5 Å².